The Labute approximate surface area is 198 Å². The Hall–Kier alpha value is -1.48. The van der Waals surface area contributed by atoms with Crippen molar-refractivity contribution in [1.82, 2.24) is 0 Å². The second-order valence-electron chi connectivity index (χ2n) is 11.2. The van der Waals surface area contributed by atoms with Crippen LogP contribution in [-0.2, 0) is 19.1 Å². The van der Waals surface area contributed by atoms with Gasteiger partial charge in [-0.05, 0) is 56.3 Å². The second-order valence-corrected chi connectivity index (χ2v) is 11.2. The quantitative estimate of drug-likeness (QED) is 0.628. The van der Waals surface area contributed by atoms with E-state index in [4.69, 9.17) is 9.47 Å². The van der Waals surface area contributed by atoms with Crippen LogP contribution in [0.15, 0.2) is 23.8 Å². The first-order valence-corrected chi connectivity index (χ1v) is 12.4. The van der Waals surface area contributed by atoms with Crippen LogP contribution in [0.4, 0.5) is 8.78 Å². The fourth-order valence-electron chi connectivity index (χ4n) is 8.17. The van der Waals surface area contributed by atoms with Gasteiger partial charge in [0, 0.05) is 23.2 Å². The summed E-state index contributed by atoms with van der Waals surface area (Å²) in [6.07, 6.45) is 0.803. The van der Waals surface area contributed by atoms with Crippen LogP contribution in [0.5, 0.6) is 0 Å². The number of aliphatic hydroxyl groups excluding tert-OH is 2. The van der Waals surface area contributed by atoms with Crippen LogP contribution in [0.3, 0.4) is 0 Å². The first-order chi connectivity index (χ1) is 16.0. The number of carbonyl (C=O) groups excluding carboxylic acids is 2. The normalized spacial score (nSPS) is 51.4. The molecule has 2 N–H and O–H groups in total. The Kier molecular flexibility index (Phi) is 5.53. The third-order valence-electron chi connectivity index (χ3n) is 9.70. The Bertz CT molecular complexity index is 965. The number of Topliss-reactive ketones (excluding diaryl/α,β-unsaturated/α-hetero) is 1. The number of allylic oxidation sites excluding steroid dienone is 4. The predicted molar refractivity (Wildman–Crippen MR) is 118 cm³/mol. The second kappa shape index (κ2) is 7.76. The molecule has 1 unspecified atom stereocenters. The lowest BCUT2D eigenvalue weighted by molar-refractivity contribution is -0.234. The third kappa shape index (κ3) is 2.74. The molecule has 0 spiro atoms. The van der Waals surface area contributed by atoms with Crippen molar-refractivity contribution in [3.05, 3.63) is 23.8 Å². The Morgan fingerprint density at radius 1 is 1.26 bits per heavy atom. The van der Waals surface area contributed by atoms with Crippen molar-refractivity contribution >= 4 is 11.6 Å². The van der Waals surface area contributed by atoms with Crippen molar-refractivity contribution in [1.29, 1.82) is 0 Å². The van der Waals surface area contributed by atoms with Gasteiger partial charge < -0.3 is 19.7 Å². The van der Waals surface area contributed by atoms with E-state index in [1.165, 1.54) is 18.2 Å². The minimum Gasteiger partial charge on any atom is -0.396 e. The number of ketones is 2. The lowest BCUT2D eigenvalue weighted by atomic mass is 9.44. The van der Waals surface area contributed by atoms with Gasteiger partial charge in [0.15, 0.2) is 29.1 Å². The lowest BCUT2D eigenvalue weighted by Crippen LogP contribution is -2.70. The van der Waals surface area contributed by atoms with Gasteiger partial charge in [0.2, 0.25) is 0 Å². The van der Waals surface area contributed by atoms with Crippen molar-refractivity contribution < 1.29 is 38.1 Å². The minimum atomic E-state index is -2.22. The van der Waals surface area contributed by atoms with Gasteiger partial charge in [-0.2, -0.15) is 0 Å². The van der Waals surface area contributed by atoms with Gasteiger partial charge in [0.1, 0.15) is 6.17 Å². The number of aliphatic hydroxyl groups is 2. The first kappa shape index (κ1) is 24.2. The third-order valence-corrected chi connectivity index (χ3v) is 9.70. The maximum Gasteiger partial charge on any atom is 0.178 e. The van der Waals surface area contributed by atoms with Gasteiger partial charge in [-0.3, -0.25) is 9.59 Å². The summed E-state index contributed by atoms with van der Waals surface area (Å²) in [6.45, 7) is 5.01. The zero-order chi connectivity index (χ0) is 24.7. The van der Waals surface area contributed by atoms with E-state index >= 15 is 8.78 Å². The largest absolute Gasteiger partial charge is 0.396 e. The molecule has 1 aliphatic heterocycles. The van der Waals surface area contributed by atoms with Crippen LogP contribution < -0.4 is 0 Å². The van der Waals surface area contributed by atoms with Crippen LogP contribution >= 0.6 is 0 Å². The molecule has 4 fully saturated rings. The van der Waals surface area contributed by atoms with Crippen LogP contribution in [0.25, 0.3) is 0 Å². The molecule has 5 rings (SSSR count). The standard InChI is InChI=1S/C26H34F2O6/c1-4-5-22-33-21-12-15-16-11-18(27)17-10-14(30)6-8-23(17,2)25(16,28)20(32)13-24(15,3)26(21,34-22)19(31)7-9-29/h6,8,10,15-16,18,20-22,29,32H,4-5,7,9,11-13H2,1-3H3/t15-,16-,18-,20-,21+,22?,23-,24-,25-,26+/m0/s1. The highest BCUT2D eigenvalue weighted by Crippen LogP contribution is 2.72. The highest BCUT2D eigenvalue weighted by atomic mass is 19.1. The van der Waals surface area contributed by atoms with E-state index in [-0.39, 0.29) is 43.0 Å². The number of ether oxygens (including phenoxy) is 2. The average Bonchev–Trinajstić information content (AvgIpc) is 3.25. The number of hydrogen-bond acceptors (Lipinski definition) is 6. The van der Waals surface area contributed by atoms with Crippen molar-refractivity contribution in [3.63, 3.8) is 0 Å². The fourth-order valence-corrected chi connectivity index (χ4v) is 8.17. The number of rotatable bonds is 5. The molecule has 0 amide bonds. The molecule has 1 saturated heterocycles. The molecule has 10 atom stereocenters. The molecular formula is C26H34F2O6. The molecule has 3 saturated carbocycles. The van der Waals surface area contributed by atoms with E-state index in [1.807, 2.05) is 13.8 Å². The molecule has 0 radical (unpaired) electrons. The van der Waals surface area contributed by atoms with Gasteiger partial charge in [-0.25, -0.2) is 8.78 Å². The van der Waals surface area contributed by atoms with Crippen LogP contribution in [0.2, 0.25) is 0 Å². The van der Waals surface area contributed by atoms with E-state index in [0.717, 1.165) is 6.42 Å². The van der Waals surface area contributed by atoms with Crippen molar-refractivity contribution in [3.8, 4) is 0 Å². The molecule has 4 aliphatic carbocycles. The molecule has 6 nitrogen and oxygen atoms in total. The van der Waals surface area contributed by atoms with Gasteiger partial charge in [-0.15, -0.1) is 0 Å². The number of hydrogen-bond donors (Lipinski definition) is 2. The maximum atomic E-state index is 17.3. The summed E-state index contributed by atoms with van der Waals surface area (Å²) in [5.41, 5.74) is -6.05. The molecular weight excluding hydrogens is 446 g/mol. The van der Waals surface area contributed by atoms with Gasteiger partial charge >= 0.3 is 0 Å². The van der Waals surface area contributed by atoms with Gasteiger partial charge in [0.25, 0.3) is 0 Å². The van der Waals surface area contributed by atoms with E-state index in [1.54, 1.807) is 6.92 Å². The Balaban J connectivity index is 1.61. The Morgan fingerprint density at radius 2 is 2.00 bits per heavy atom. The van der Waals surface area contributed by atoms with Crippen molar-refractivity contribution in [2.45, 2.75) is 95.2 Å². The summed E-state index contributed by atoms with van der Waals surface area (Å²) in [4.78, 5) is 25.5. The summed E-state index contributed by atoms with van der Waals surface area (Å²) < 4.78 is 45.3. The number of alkyl halides is 2. The van der Waals surface area contributed by atoms with E-state index < -0.39 is 58.6 Å². The van der Waals surface area contributed by atoms with E-state index in [9.17, 15) is 19.8 Å². The summed E-state index contributed by atoms with van der Waals surface area (Å²) in [6, 6.07) is 0. The zero-order valence-electron chi connectivity index (χ0n) is 19.9. The average molecular weight is 481 g/mol. The van der Waals surface area contributed by atoms with Crippen LogP contribution in [0.1, 0.15) is 59.3 Å². The number of fused-ring (bicyclic) bond motifs is 7. The SMILES string of the molecule is CCCC1O[C@@H]2C[C@H]3[C@@H]4C[C@H](F)C5=CC(=O)C=C[C@]5(C)[C@@]4(F)[C@@H](O)C[C@]3(C)[C@]2(C(=O)CCO)O1. The Morgan fingerprint density at radius 3 is 2.68 bits per heavy atom. The molecule has 1 heterocycles. The smallest absolute Gasteiger partial charge is 0.178 e. The van der Waals surface area contributed by atoms with E-state index in [0.29, 0.717) is 12.8 Å². The van der Waals surface area contributed by atoms with Crippen molar-refractivity contribution in [2.75, 3.05) is 6.61 Å². The summed E-state index contributed by atoms with van der Waals surface area (Å²) in [5, 5.41) is 21.0. The molecule has 188 valence electrons. The molecule has 5 aliphatic rings. The number of halogens is 2. The molecule has 0 bridgehead atoms. The highest BCUT2D eigenvalue weighted by Gasteiger charge is 2.79. The van der Waals surface area contributed by atoms with Crippen LogP contribution in [-0.4, -0.2) is 64.3 Å². The molecule has 0 aromatic heterocycles. The topological polar surface area (TPSA) is 93.1 Å². The fraction of sp³-hybridized carbons (Fsp3) is 0.769. The molecule has 0 aromatic rings. The maximum absolute atomic E-state index is 17.3. The van der Waals surface area contributed by atoms with E-state index in [2.05, 4.69) is 0 Å². The van der Waals surface area contributed by atoms with Gasteiger partial charge in [0.05, 0.1) is 18.8 Å². The van der Waals surface area contributed by atoms with Gasteiger partial charge in [-0.1, -0.05) is 26.3 Å². The molecule has 0 aromatic carbocycles. The van der Waals surface area contributed by atoms with Crippen LogP contribution in [0, 0.1) is 22.7 Å². The monoisotopic (exact) mass is 480 g/mol. The summed E-state index contributed by atoms with van der Waals surface area (Å²) >= 11 is 0. The molecule has 34 heavy (non-hydrogen) atoms. The highest BCUT2D eigenvalue weighted by molar-refractivity contribution is 6.01. The minimum absolute atomic E-state index is 0.0673. The molecule has 8 heteroatoms. The van der Waals surface area contributed by atoms with Crippen molar-refractivity contribution in [2.24, 2.45) is 22.7 Å². The first-order valence-electron chi connectivity index (χ1n) is 12.4. The predicted octanol–water partition coefficient (Wildman–Crippen LogP) is 3.15. The summed E-state index contributed by atoms with van der Waals surface area (Å²) in [7, 11) is 0. The number of carbonyl (C=O) groups is 2. The lowest BCUT2D eigenvalue weighted by Gasteiger charge is -2.63. The summed E-state index contributed by atoms with van der Waals surface area (Å²) in [5.74, 6) is -2.10. The zero-order valence-corrected chi connectivity index (χ0v) is 19.9.